The van der Waals surface area contributed by atoms with Crippen molar-refractivity contribution in [3.63, 3.8) is 0 Å². The summed E-state index contributed by atoms with van der Waals surface area (Å²) < 4.78 is 16.1. The maximum Gasteiger partial charge on any atom is 0.341 e. The molecule has 1 saturated carbocycles. The Morgan fingerprint density at radius 3 is 2.70 bits per heavy atom. The SMILES string of the molecule is CCOC(=O)c1c(NC(=O)C2CCCCC2)sc(Cc2ccc3c(c2)OCO3)c1C. The van der Waals surface area contributed by atoms with Crippen molar-refractivity contribution in [2.24, 2.45) is 5.92 Å². The van der Waals surface area contributed by atoms with Crippen molar-refractivity contribution in [1.29, 1.82) is 0 Å². The highest BCUT2D eigenvalue weighted by Crippen LogP contribution is 2.38. The van der Waals surface area contributed by atoms with E-state index in [0.29, 0.717) is 23.6 Å². The number of hydrogen-bond donors (Lipinski definition) is 1. The minimum Gasteiger partial charge on any atom is -0.462 e. The number of ether oxygens (including phenoxy) is 3. The van der Waals surface area contributed by atoms with E-state index in [1.165, 1.54) is 17.8 Å². The smallest absolute Gasteiger partial charge is 0.341 e. The van der Waals surface area contributed by atoms with Gasteiger partial charge >= 0.3 is 5.97 Å². The number of thiophene rings is 1. The first kappa shape index (κ1) is 20.7. The first-order valence-corrected chi connectivity index (χ1v) is 11.4. The van der Waals surface area contributed by atoms with Crippen molar-refractivity contribution in [3.8, 4) is 11.5 Å². The molecule has 7 heteroatoms. The molecule has 1 amide bonds. The molecule has 1 fully saturated rings. The standard InChI is InChI=1S/C23H27NO5S/c1-3-27-23(26)20-14(2)19(12-15-9-10-17-18(11-15)29-13-28-17)30-22(20)24-21(25)16-7-5-4-6-8-16/h9-11,16H,3-8,12-13H2,1-2H3,(H,24,25). The number of amides is 1. The number of nitrogens with one attached hydrogen (secondary N) is 1. The van der Waals surface area contributed by atoms with Crippen LogP contribution in [0.1, 0.15) is 65.4 Å². The fourth-order valence-electron chi connectivity index (χ4n) is 4.08. The van der Waals surface area contributed by atoms with Gasteiger partial charge in [0.1, 0.15) is 5.00 Å². The molecule has 1 aliphatic carbocycles. The molecule has 1 aliphatic heterocycles. The first-order chi connectivity index (χ1) is 14.6. The van der Waals surface area contributed by atoms with Crippen molar-refractivity contribution in [3.05, 3.63) is 39.8 Å². The Morgan fingerprint density at radius 1 is 1.17 bits per heavy atom. The van der Waals surface area contributed by atoms with Gasteiger partial charge in [-0.1, -0.05) is 25.3 Å². The molecule has 1 aromatic heterocycles. The largest absolute Gasteiger partial charge is 0.462 e. The lowest BCUT2D eigenvalue weighted by atomic mass is 9.89. The average molecular weight is 430 g/mol. The topological polar surface area (TPSA) is 73.9 Å². The van der Waals surface area contributed by atoms with Crippen LogP contribution in [0, 0.1) is 12.8 Å². The van der Waals surface area contributed by atoms with Gasteiger partial charge in [0, 0.05) is 17.2 Å². The molecule has 30 heavy (non-hydrogen) atoms. The molecule has 2 aliphatic rings. The van der Waals surface area contributed by atoms with Gasteiger partial charge in [0.15, 0.2) is 11.5 Å². The van der Waals surface area contributed by atoms with Gasteiger partial charge in [0.25, 0.3) is 0 Å². The van der Waals surface area contributed by atoms with Crippen LogP contribution >= 0.6 is 11.3 Å². The number of fused-ring (bicyclic) bond motifs is 1. The zero-order valence-corrected chi connectivity index (χ0v) is 18.2. The molecule has 2 aromatic rings. The van der Waals surface area contributed by atoms with Gasteiger partial charge in [0.05, 0.1) is 12.2 Å². The van der Waals surface area contributed by atoms with Crippen molar-refractivity contribution in [2.45, 2.75) is 52.4 Å². The number of anilines is 1. The van der Waals surface area contributed by atoms with Crippen LogP contribution in [0.5, 0.6) is 11.5 Å². The first-order valence-electron chi connectivity index (χ1n) is 10.6. The van der Waals surface area contributed by atoms with Crippen molar-refractivity contribution < 1.29 is 23.8 Å². The maximum atomic E-state index is 12.8. The summed E-state index contributed by atoms with van der Waals surface area (Å²) in [5, 5.41) is 3.64. The Kier molecular flexibility index (Phi) is 6.27. The molecule has 0 atom stereocenters. The van der Waals surface area contributed by atoms with Crippen LogP contribution in [0.2, 0.25) is 0 Å². The van der Waals surface area contributed by atoms with Crippen LogP contribution in [0.25, 0.3) is 0 Å². The second-order valence-corrected chi connectivity index (χ2v) is 8.87. The van der Waals surface area contributed by atoms with Crippen molar-refractivity contribution >= 4 is 28.2 Å². The molecule has 2 heterocycles. The highest BCUT2D eigenvalue weighted by atomic mass is 32.1. The lowest BCUT2D eigenvalue weighted by Crippen LogP contribution is -2.25. The molecule has 0 spiro atoms. The summed E-state index contributed by atoms with van der Waals surface area (Å²) in [6.07, 6.45) is 5.82. The molecule has 6 nitrogen and oxygen atoms in total. The highest BCUT2D eigenvalue weighted by Gasteiger charge is 2.27. The number of carbonyl (C=O) groups excluding carboxylic acids is 2. The van der Waals surface area contributed by atoms with Gasteiger partial charge in [-0.3, -0.25) is 4.79 Å². The Hall–Kier alpha value is -2.54. The zero-order chi connectivity index (χ0) is 21.1. The monoisotopic (exact) mass is 429 g/mol. The maximum absolute atomic E-state index is 12.8. The van der Waals surface area contributed by atoms with Gasteiger partial charge < -0.3 is 19.5 Å². The summed E-state index contributed by atoms with van der Waals surface area (Å²) in [5.41, 5.74) is 2.39. The zero-order valence-electron chi connectivity index (χ0n) is 17.4. The third-order valence-corrected chi connectivity index (χ3v) is 6.95. The number of carbonyl (C=O) groups is 2. The van der Waals surface area contributed by atoms with E-state index in [-0.39, 0.29) is 24.6 Å². The van der Waals surface area contributed by atoms with Gasteiger partial charge in [-0.2, -0.15) is 0 Å². The number of benzene rings is 1. The van der Waals surface area contributed by atoms with E-state index in [1.54, 1.807) is 6.92 Å². The second-order valence-electron chi connectivity index (χ2n) is 7.76. The summed E-state index contributed by atoms with van der Waals surface area (Å²) in [7, 11) is 0. The van der Waals surface area contributed by atoms with Crippen LogP contribution in [0.15, 0.2) is 18.2 Å². The predicted molar refractivity (Wildman–Crippen MR) is 116 cm³/mol. The van der Waals surface area contributed by atoms with E-state index in [4.69, 9.17) is 14.2 Å². The van der Waals surface area contributed by atoms with E-state index in [1.807, 2.05) is 25.1 Å². The van der Waals surface area contributed by atoms with Gasteiger partial charge in [-0.05, 0) is 49.9 Å². The lowest BCUT2D eigenvalue weighted by Gasteiger charge is -2.20. The Balaban J connectivity index is 1.60. The molecule has 4 rings (SSSR count). The van der Waals surface area contributed by atoms with E-state index in [0.717, 1.165) is 53.2 Å². The highest BCUT2D eigenvalue weighted by molar-refractivity contribution is 7.17. The molecule has 160 valence electrons. The Morgan fingerprint density at radius 2 is 1.93 bits per heavy atom. The number of rotatable bonds is 6. The quantitative estimate of drug-likeness (QED) is 0.649. The summed E-state index contributed by atoms with van der Waals surface area (Å²) in [4.78, 5) is 26.5. The van der Waals surface area contributed by atoms with Gasteiger partial charge in [0.2, 0.25) is 12.7 Å². The molecule has 0 radical (unpaired) electrons. The minimum absolute atomic E-state index is 0.0103. The van der Waals surface area contributed by atoms with Crippen molar-refractivity contribution in [2.75, 3.05) is 18.7 Å². The minimum atomic E-state index is -0.387. The van der Waals surface area contributed by atoms with Crippen LogP contribution in [-0.2, 0) is 16.0 Å². The fourth-order valence-corrected chi connectivity index (χ4v) is 5.31. The van der Waals surface area contributed by atoms with Gasteiger partial charge in [-0.25, -0.2) is 4.79 Å². The summed E-state index contributed by atoms with van der Waals surface area (Å²) in [6.45, 7) is 4.23. The van der Waals surface area contributed by atoms with Crippen LogP contribution in [-0.4, -0.2) is 25.3 Å². The Bertz CT molecular complexity index is 945. The van der Waals surface area contributed by atoms with E-state index in [9.17, 15) is 9.59 Å². The van der Waals surface area contributed by atoms with E-state index < -0.39 is 0 Å². The summed E-state index contributed by atoms with van der Waals surface area (Å²) in [6, 6.07) is 5.86. The van der Waals surface area contributed by atoms with E-state index in [2.05, 4.69) is 5.32 Å². The normalized spacial score (nSPS) is 15.8. The average Bonchev–Trinajstić information content (AvgIpc) is 3.33. The van der Waals surface area contributed by atoms with Crippen LogP contribution < -0.4 is 14.8 Å². The third kappa shape index (κ3) is 4.31. The van der Waals surface area contributed by atoms with Crippen LogP contribution in [0.4, 0.5) is 5.00 Å². The molecular formula is C23H27NO5S. The summed E-state index contributed by atoms with van der Waals surface area (Å²) in [5.74, 6) is 1.12. The number of hydrogen-bond acceptors (Lipinski definition) is 6. The Labute approximate surface area is 180 Å². The van der Waals surface area contributed by atoms with Crippen LogP contribution in [0.3, 0.4) is 0 Å². The van der Waals surface area contributed by atoms with E-state index >= 15 is 0 Å². The van der Waals surface area contributed by atoms with Gasteiger partial charge in [-0.15, -0.1) is 11.3 Å². The summed E-state index contributed by atoms with van der Waals surface area (Å²) >= 11 is 1.46. The molecule has 0 saturated heterocycles. The lowest BCUT2D eigenvalue weighted by molar-refractivity contribution is -0.120. The number of esters is 1. The molecular weight excluding hydrogens is 402 g/mol. The third-order valence-electron chi connectivity index (χ3n) is 5.74. The molecule has 1 N–H and O–H groups in total. The molecule has 0 unspecified atom stereocenters. The molecule has 0 bridgehead atoms. The second kappa shape index (κ2) is 9.08. The van der Waals surface area contributed by atoms with Crippen molar-refractivity contribution in [1.82, 2.24) is 0 Å². The molecule has 1 aromatic carbocycles. The predicted octanol–water partition coefficient (Wildman–Crippen LogP) is 5.07. The fraction of sp³-hybridized carbons (Fsp3) is 0.478.